The fourth-order valence-corrected chi connectivity index (χ4v) is 2.84. The second-order valence-corrected chi connectivity index (χ2v) is 5.91. The van der Waals surface area contributed by atoms with Crippen molar-refractivity contribution in [2.45, 2.75) is 13.8 Å². The SMILES string of the molecule is CC(=O)C(C)=Cc1cc(Br)c(Br)s1. The highest BCUT2D eigenvalue weighted by molar-refractivity contribution is 9.13. The van der Waals surface area contributed by atoms with Gasteiger partial charge in [0.2, 0.25) is 0 Å². The van der Waals surface area contributed by atoms with E-state index in [1.807, 2.05) is 19.1 Å². The van der Waals surface area contributed by atoms with Crippen LogP contribution in [0.4, 0.5) is 0 Å². The molecule has 0 fully saturated rings. The maximum Gasteiger partial charge on any atom is 0.155 e. The Morgan fingerprint density at radius 1 is 1.46 bits per heavy atom. The van der Waals surface area contributed by atoms with Crippen molar-refractivity contribution >= 4 is 55.1 Å². The lowest BCUT2D eigenvalue weighted by atomic mass is 10.2. The molecule has 0 atom stereocenters. The molecule has 0 aliphatic rings. The van der Waals surface area contributed by atoms with Gasteiger partial charge in [-0.1, -0.05) is 0 Å². The average Bonchev–Trinajstić information content (AvgIpc) is 2.31. The molecule has 1 nitrogen and oxygen atoms in total. The lowest BCUT2D eigenvalue weighted by Crippen LogP contribution is -1.89. The van der Waals surface area contributed by atoms with E-state index in [9.17, 15) is 4.79 Å². The minimum Gasteiger partial charge on any atom is -0.295 e. The summed E-state index contributed by atoms with van der Waals surface area (Å²) in [6.45, 7) is 3.40. The van der Waals surface area contributed by atoms with Gasteiger partial charge in [-0.3, -0.25) is 4.79 Å². The number of allylic oxidation sites excluding steroid dienone is 1. The molecule has 0 spiro atoms. The first-order chi connectivity index (χ1) is 6.00. The molecule has 0 aromatic carbocycles. The van der Waals surface area contributed by atoms with E-state index in [4.69, 9.17) is 0 Å². The molecule has 4 heteroatoms. The number of carbonyl (C=O) groups excluding carboxylic acids is 1. The van der Waals surface area contributed by atoms with Gasteiger partial charge >= 0.3 is 0 Å². The lowest BCUT2D eigenvalue weighted by Gasteiger charge is -1.90. The minimum absolute atomic E-state index is 0.112. The molecule has 0 radical (unpaired) electrons. The quantitative estimate of drug-likeness (QED) is 0.743. The molecule has 0 amide bonds. The van der Waals surface area contributed by atoms with Crippen LogP contribution in [0, 0.1) is 0 Å². The van der Waals surface area contributed by atoms with Crippen molar-refractivity contribution in [1.82, 2.24) is 0 Å². The Balaban J connectivity index is 2.98. The summed E-state index contributed by atoms with van der Waals surface area (Å²) in [4.78, 5) is 12.0. The molecule has 0 saturated heterocycles. The number of halogens is 2. The fourth-order valence-electron chi connectivity index (χ4n) is 0.749. The van der Waals surface area contributed by atoms with Crippen LogP contribution in [0.3, 0.4) is 0 Å². The Morgan fingerprint density at radius 3 is 2.46 bits per heavy atom. The molecule has 1 rings (SSSR count). The van der Waals surface area contributed by atoms with E-state index < -0.39 is 0 Å². The van der Waals surface area contributed by atoms with E-state index in [2.05, 4.69) is 31.9 Å². The third-order valence-corrected chi connectivity index (χ3v) is 4.78. The summed E-state index contributed by atoms with van der Waals surface area (Å²) >= 11 is 8.39. The Labute approximate surface area is 98.1 Å². The van der Waals surface area contributed by atoms with E-state index in [0.717, 1.165) is 18.7 Å². The molecule has 1 aromatic heterocycles. The normalized spacial score (nSPS) is 11.8. The molecule has 0 N–H and O–H groups in total. The molecule has 0 unspecified atom stereocenters. The Kier molecular flexibility index (Phi) is 3.88. The Morgan fingerprint density at radius 2 is 2.08 bits per heavy atom. The van der Waals surface area contributed by atoms with Crippen LogP contribution < -0.4 is 0 Å². The Bertz CT molecular complexity index is 346. The first kappa shape index (κ1) is 11.1. The van der Waals surface area contributed by atoms with E-state index >= 15 is 0 Å². The topological polar surface area (TPSA) is 17.1 Å². The van der Waals surface area contributed by atoms with Gasteiger partial charge in [0.1, 0.15) is 0 Å². The summed E-state index contributed by atoms with van der Waals surface area (Å²) in [5.74, 6) is 0.112. The van der Waals surface area contributed by atoms with Gasteiger partial charge in [-0.25, -0.2) is 0 Å². The van der Waals surface area contributed by atoms with Gasteiger partial charge in [0.15, 0.2) is 5.78 Å². The van der Waals surface area contributed by atoms with Crippen LogP contribution in [0.5, 0.6) is 0 Å². The second-order valence-electron chi connectivity index (χ2n) is 2.65. The minimum atomic E-state index is 0.112. The number of hydrogen-bond donors (Lipinski definition) is 0. The standard InChI is InChI=1S/C9H8Br2OS/c1-5(6(2)12)3-7-4-8(10)9(11)13-7/h3-4H,1-2H3. The number of Topliss-reactive ketones (excluding diaryl/α,β-unsaturated/α-hetero) is 1. The van der Waals surface area contributed by atoms with Crippen molar-refractivity contribution < 1.29 is 4.79 Å². The van der Waals surface area contributed by atoms with Crippen LogP contribution in [0.15, 0.2) is 19.9 Å². The van der Waals surface area contributed by atoms with Gasteiger partial charge in [-0.15, -0.1) is 11.3 Å². The number of carbonyl (C=O) groups is 1. The monoisotopic (exact) mass is 322 g/mol. The largest absolute Gasteiger partial charge is 0.295 e. The predicted octanol–water partition coefficient (Wildman–Crippen LogP) is 4.27. The summed E-state index contributed by atoms with van der Waals surface area (Å²) < 4.78 is 2.08. The van der Waals surface area contributed by atoms with Crippen LogP contribution in [0.25, 0.3) is 6.08 Å². The first-order valence-corrected chi connectivity index (χ1v) is 6.05. The molecule has 1 aromatic rings. The van der Waals surface area contributed by atoms with Gasteiger partial charge in [0, 0.05) is 9.35 Å². The smallest absolute Gasteiger partial charge is 0.155 e. The van der Waals surface area contributed by atoms with Crippen molar-refractivity contribution in [3.63, 3.8) is 0 Å². The fraction of sp³-hybridized carbons (Fsp3) is 0.222. The van der Waals surface area contributed by atoms with Crippen LogP contribution >= 0.6 is 43.2 Å². The Hall–Kier alpha value is 0.0700. The number of ketones is 1. The highest BCUT2D eigenvalue weighted by atomic mass is 79.9. The van der Waals surface area contributed by atoms with Crippen molar-refractivity contribution in [3.8, 4) is 0 Å². The lowest BCUT2D eigenvalue weighted by molar-refractivity contribution is -0.113. The zero-order valence-corrected chi connectivity index (χ0v) is 11.2. The zero-order chi connectivity index (χ0) is 10.0. The third kappa shape index (κ3) is 3.04. The van der Waals surface area contributed by atoms with Crippen LogP contribution in [-0.2, 0) is 4.79 Å². The number of thiophene rings is 1. The van der Waals surface area contributed by atoms with Gasteiger partial charge in [0.25, 0.3) is 0 Å². The van der Waals surface area contributed by atoms with Gasteiger partial charge in [-0.2, -0.15) is 0 Å². The molecule has 1 heterocycles. The highest BCUT2D eigenvalue weighted by Gasteiger charge is 2.03. The van der Waals surface area contributed by atoms with Gasteiger partial charge in [0.05, 0.1) is 3.79 Å². The molecular weight excluding hydrogens is 316 g/mol. The van der Waals surface area contributed by atoms with Crippen molar-refractivity contribution in [2.24, 2.45) is 0 Å². The molecule has 0 aliphatic carbocycles. The van der Waals surface area contributed by atoms with Crippen LogP contribution in [0.1, 0.15) is 18.7 Å². The number of hydrogen-bond acceptors (Lipinski definition) is 2. The first-order valence-electron chi connectivity index (χ1n) is 3.65. The maximum absolute atomic E-state index is 11.0. The molecule has 0 aliphatic heterocycles. The summed E-state index contributed by atoms with van der Waals surface area (Å²) in [6.07, 6.45) is 1.89. The van der Waals surface area contributed by atoms with E-state index in [-0.39, 0.29) is 5.78 Å². The van der Waals surface area contributed by atoms with Crippen molar-refractivity contribution in [2.75, 3.05) is 0 Å². The molecule has 0 saturated carbocycles. The molecule has 13 heavy (non-hydrogen) atoms. The number of rotatable bonds is 2. The maximum atomic E-state index is 11.0. The highest BCUT2D eigenvalue weighted by Crippen LogP contribution is 2.33. The van der Waals surface area contributed by atoms with Crippen LogP contribution in [-0.4, -0.2) is 5.78 Å². The van der Waals surface area contributed by atoms with Gasteiger partial charge < -0.3 is 0 Å². The summed E-state index contributed by atoms with van der Waals surface area (Å²) in [5.41, 5.74) is 0.779. The summed E-state index contributed by atoms with van der Waals surface area (Å²) in [5, 5.41) is 0. The van der Waals surface area contributed by atoms with Gasteiger partial charge in [-0.05, 0) is 63.4 Å². The summed E-state index contributed by atoms with van der Waals surface area (Å²) in [6, 6.07) is 1.99. The average molecular weight is 324 g/mol. The molecule has 70 valence electrons. The van der Waals surface area contributed by atoms with Crippen molar-refractivity contribution in [1.29, 1.82) is 0 Å². The van der Waals surface area contributed by atoms with E-state index in [0.29, 0.717) is 0 Å². The van der Waals surface area contributed by atoms with Crippen molar-refractivity contribution in [3.05, 3.63) is 24.8 Å². The predicted molar refractivity (Wildman–Crippen MR) is 64.1 cm³/mol. The van der Waals surface area contributed by atoms with E-state index in [1.165, 1.54) is 0 Å². The summed E-state index contributed by atoms with van der Waals surface area (Å²) in [7, 11) is 0. The molecule has 0 bridgehead atoms. The van der Waals surface area contributed by atoms with Crippen LogP contribution in [0.2, 0.25) is 0 Å². The second kappa shape index (κ2) is 4.53. The van der Waals surface area contributed by atoms with E-state index in [1.54, 1.807) is 18.3 Å². The zero-order valence-electron chi connectivity index (χ0n) is 7.23. The third-order valence-electron chi connectivity index (χ3n) is 1.58. The molecular formula is C9H8Br2OS.